The summed E-state index contributed by atoms with van der Waals surface area (Å²) < 4.78 is 1.85. The van der Waals surface area contributed by atoms with Crippen LogP contribution in [0.3, 0.4) is 0 Å². The average molecular weight is 295 g/mol. The molecule has 1 aromatic rings. The van der Waals surface area contributed by atoms with E-state index in [-0.39, 0.29) is 11.8 Å². The molecule has 1 unspecified atom stereocenters. The highest BCUT2D eigenvalue weighted by Gasteiger charge is 2.25. The van der Waals surface area contributed by atoms with Crippen LogP contribution in [0, 0.1) is 19.8 Å². The predicted octanol–water partition coefficient (Wildman–Crippen LogP) is 1.88. The van der Waals surface area contributed by atoms with E-state index in [9.17, 15) is 9.90 Å². The van der Waals surface area contributed by atoms with Gasteiger partial charge in [-0.2, -0.15) is 5.10 Å². The van der Waals surface area contributed by atoms with Crippen LogP contribution in [0.25, 0.3) is 0 Å². The largest absolute Gasteiger partial charge is 0.388 e. The summed E-state index contributed by atoms with van der Waals surface area (Å²) in [6.45, 7) is 10.1. The zero-order valence-electron chi connectivity index (χ0n) is 14.2. The lowest BCUT2D eigenvalue weighted by Gasteiger charge is -2.26. The van der Waals surface area contributed by atoms with E-state index in [1.54, 1.807) is 0 Å². The molecule has 5 nitrogen and oxygen atoms in total. The van der Waals surface area contributed by atoms with Crippen molar-refractivity contribution < 1.29 is 9.90 Å². The Kier molecular flexibility index (Phi) is 5.96. The van der Waals surface area contributed by atoms with Crippen LogP contribution in [-0.4, -0.2) is 32.9 Å². The molecule has 0 aromatic carbocycles. The maximum atomic E-state index is 12.2. The average Bonchev–Trinajstić information content (AvgIpc) is 2.70. The Hall–Kier alpha value is -1.36. The van der Waals surface area contributed by atoms with Gasteiger partial charge in [0, 0.05) is 25.2 Å². The Morgan fingerprint density at radius 3 is 2.38 bits per heavy atom. The minimum atomic E-state index is -0.796. The fourth-order valence-corrected chi connectivity index (χ4v) is 2.44. The summed E-state index contributed by atoms with van der Waals surface area (Å²) in [6.07, 6.45) is 1.95. The topological polar surface area (TPSA) is 67.2 Å². The van der Waals surface area contributed by atoms with Crippen molar-refractivity contribution in [2.45, 2.75) is 59.5 Å². The first-order valence-electron chi connectivity index (χ1n) is 7.73. The zero-order valence-corrected chi connectivity index (χ0v) is 14.2. The van der Waals surface area contributed by atoms with E-state index in [0.717, 1.165) is 17.0 Å². The highest BCUT2D eigenvalue weighted by molar-refractivity contribution is 5.78. The summed E-state index contributed by atoms with van der Waals surface area (Å²) in [5, 5.41) is 17.5. The highest BCUT2D eigenvalue weighted by Crippen LogP contribution is 2.18. The number of aliphatic hydroxyl groups is 1. The van der Waals surface area contributed by atoms with E-state index in [0.29, 0.717) is 25.8 Å². The van der Waals surface area contributed by atoms with Crippen molar-refractivity contribution in [3.8, 4) is 0 Å². The molecule has 1 atom stereocenters. The molecule has 1 rings (SSSR count). The van der Waals surface area contributed by atoms with Crippen LogP contribution in [0.1, 0.15) is 50.6 Å². The molecular weight excluding hydrogens is 266 g/mol. The van der Waals surface area contributed by atoms with Gasteiger partial charge in [-0.1, -0.05) is 20.8 Å². The molecule has 5 heteroatoms. The van der Waals surface area contributed by atoms with Crippen molar-refractivity contribution in [3.63, 3.8) is 0 Å². The maximum Gasteiger partial charge on any atom is 0.223 e. The van der Waals surface area contributed by atoms with E-state index in [2.05, 4.69) is 10.4 Å². The van der Waals surface area contributed by atoms with Crippen molar-refractivity contribution in [3.05, 3.63) is 17.0 Å². The number of carbonyl (C=O) groups is 1. The van der Waals surface area contributed by atoms with Crippen molar-refractivity contribution in [1.29, 1.82) is 0 Å². The Morgan fingerprint density at radius 2 is 1.95 bits per heavy atom. The number of hydrogen-bond donors (Lipinski definition) is 2. The van der Waals surface area contributed by atoms with E-state index in [1.165, 1.54) is 0 Å². The number of aromatic nitrogens is 2. The summed E-state index contributed by atoms with van der Waals surface area (Å²) in [6, 6.07) is 0. The molecule has 0 saturated heterocycles. The van der Waals surface area contributed by atoms with Crippen molar-refractivity contribution in [2.75, 3.05) is 6.54 Å². The van der Waals surface area contributed by atoms with Gasteiger partial charge < -0.3 is 10.4 Å². The molecule has 0 aliphatic rings. The van der Waals surface area contributed by atoms with Crippen molar-refractivity contribution >= 4 is 5.91 Å². The molecule has 0 radical (unpaired) electrons. The van der Waals surface area contributed by atoms with Crippen LogP contribution in [0.5, 0.6) is 0 Å². The lowest BCUT2D eigenvalue weighted by molar-refractivity contribution is -0.125. The van der Waals surface area contributed by atoms with E-state index < -0.39 is 5.60 Å². The van der Waals surface area contributed by atoms with Gasteiger partial charge in [-0.15, -0.1) is 0 Å². The third-order valence-corrected chi connectivity index (χ3v) is 4.52. The van der Waals surface area contributed by atoms with Crippen LogP contribution in [0.15, 0.2) is 0 Å². The van der Waals surface area contributed by atoms with E-state index >= 15 is 0 Å². The highest BCUT2D eigenvalue weighted by atomic mass is 16.3. The van der Waals surface area contributed by atoms with Gasteiger partial charge in [0.05, 0.1) is 11.3 Å². The molecule has 0 bridgehead atoms. The molecular formula is C16H29N3O2. The summed E-state index contributed by atoms with van der Waals surface area (Å²) in [5.74, 6) is -0.150. The van der Waals surface area contributed by atoms with Crippen LogP contribution >= 0.6 is 0 Å². The fraction of sp³-hybridized carbons (Fsp3) is 0.750. The number of carbonyl (C=O) groups excluding carboxylic acids is 1. The van der Waals surface area contributed by atoms with Crippen molar-refractivity contribution in [1.82, 2.24) is 15.1 Å². The first-order valence-corrected chi connectivity index (χ1v) is 7.73. The zero-order chi connectivity index (χ0) is 16.2. The van der Waals surface area contributed by atoms with Gasteiger partial charge in [-0.05, 0) is 38.7 Å². The SMILES string of the molecule is CCC(O)(CC)CNC(=O)C(C)Cc1c(C)nn(C)c1C. The van der Waals surface area contributed by atoms with E-state index in [1.807, 2.05) is 46.3 Å². The van der Waals surface area contributed by atoms with Crippen LogP contribution in [0.2, 0.25) is 0 Å². The van der Waals surface area contributed by atoms with Gasteiger partial charge in [-0.3, -0.25) is 9.48 Å². The Balaban J connectivity index is 2.63. The van der Waals surface area contributed by atoms with Gasteiger partial charge in [0.1, 0.15) is 0 Å². The lowest BCUT2D eigenvalue weighted by Crippen LogP contribution is -2.43. The van der Waals surface area contributed by atoms with Crippen molar-refractivity contribution in [2.24, 2.45) is 13.0 Å². The molecule has 21 heavy (non-hydrogen) atoms. The summed E-state index contributed by atoms with van der Waals surface area (Å²) in [5.41, 5.74) is 2.43. The molecule has 0 spiro atoms. The van der Waals surface area contributed by atoms with Gasteiger partial charge in [0.25, 0.3) is 0 Å². The predicted molar refractivity (Wildman–Crippen MR) is 84.1 cm³/mol. The van der Waals surface area contributed by atoms with Gasteiger partial charge in [0.2, 0.25) is 5.91 Å². The smallest absolute Gasteiger partial charge is 0.223 e. The Morgan fingerprint density at radius 1 is 1.38 bits per heavy atom. The number of amides is 1. The fourth-order valence-electron chi connectivity index (χ4n) is 2.44. The van der Waals surface area contributed by atoms with Crippen LogP contribution in [0.4, 0.5) is 0 Å². The molecule has 0 aliphatic carbocycles. The van der Waals surface area contributed by atoms with Gasteiger partial charge in [0.15, 0.2) is 0 Å². The van der Waals surface area contributed by atoms with Crippen LogP contribution < -0.4 is 5.32 Å². The van der Waals surface area contributed by atoms with E-state index in [4.69, 9.17) is 0 Å². The molecule has 120 valence electrons. The molecule has 0 saturated carbocycles. The second-order valence-electron chi connectivity index (χ2n) is 6.03. The number of nitrogens with one attached hydrogen (secondary N) is 1. The molecule has 0 aliphatic heterocycles. The summed E-state index contributed by atoms with van der Waals surface area (Å²) in [7, 11) is 1.92. The molecule has 0 fully saturated rings. The third-order valence-electron chi connectivity index (χ3n) is 4.52. The van der Waals surface area contributed by atoms with Crippen LogP contribution in [-0.2, 0) is 18.3 Å². The first kappa shape index (κ1) is 17.7. The Bertz CT molecular complexity index is 490. The minimum absolute atomic E-state index is 0.0158. The maximum absolute atomic E-state index is 12.2. The summed E-state index contributed by atoms with van der Waals surface area (Å²) >= 11 is 0. The lowest BCUT2D eigenvalue weighted by atomic mass is 9.96. The summed E-state index contributed by atoms with van der Waals surface area (Å²) in [4.78, 5) is 12.2. The molecule has 1 amide bonds. The number of aryl methyl sites for hydroxylation is 2. The normalized spacial score (nSPS) is 13.3. The molecule has 1 heterocycles. The Labute approximate surface area is 127 Å². The first-order chi connectivity index (χ1) is 9.74. The molecule has 1 aromatic heterocycles. The number of hydrogen-bond acceptors (Lipinski definition) is 3. The number of rotatable bonds is 7. The van der Waals surface area contributed by atoms with Gasteiger partial charge in [-0.25, -0.2) is 0 Å². The third kappa shape index (κ3) is 4.30. The monoisotopic (exact) mass is 295 g/mol. The van der Waals surface area contributed by atoms with Gasteiger partial charge >= 0.3 is 0 Å². The number of nitrogens with zero attached hydrogens (tertiary/aromatic N) is 2. The quantitative estimate of drug-likeness (QED) is 0.807. The second-order valence-corrected chi connectivity index (χ2v) is 6.03. The molecule has 2 N–H and O–H groups in total. The second kappa shape index (κ2) is 7.07. The minimum Gasteiger partial charge on any atom is -0.388 e. The standard InChI is InChI=1S/C16H29N3O2/c1-7-16(21,8-2)10-17-15(20)11(3)9-14-12(4)18-19(6)13(14)5/h11,21H,7-10H2,1-6H3,(H,17,20).